The van der Waals surface area contributed by atoms with E-state index in [4.69, 9.17) is 21.9 Å². The summed E-state index contributed by atoms with van der Waals surface area (Å²) in [5, 5.41) is 0. The van der Waals surface area contributed by atoms with Crippen LogP contribution in [0.25, 0.3) is 11.1 Å². The predicted molar refractivity (Wildman–Crippen MR) is 135 cm³/mol. The molecule has 0 fully saturated rings. The smallest absolute Gasteiger partial charge is 0.162 e. The molecule has 5 nitrogen and oxygen atoms in total. The minimum absolute atomic E-state index is 0.0749. The van der Waals surface area contributed by atoms with Crippen molar-refractivity contribution < 1.29 is 9.53 Å². The Morgan fingerprint density at radius 1 is 0.758 bits per heavy atom. The third-order valence-corrected chi connectivity index (χ3v) is 5.64. The second-order valence-corrected chi connectivity index (χ2v) is 8.11. The summed E-state index contributed by atoms with van der Waals surface area (Å²) in [5.41, 5.74) is 25.2. The van der Waals surface area contributed by atoms with Crippen molar-refractivity contribution in [1.29, 1.82) is 0 Å². The van der Waals surface area contributed by atoms with Crippen LogP contribution in [0.1, 0.15) is 40.1 Å². The number of ether oxygens (including phenoxy) is 1. The van der Waals surface area contributed by atoms with Gasteiger partial charge in [0.05, 0.1) is 0 Å². The molecule has 4 aromatic rings. The van der Waals surface area contributed by atoms with E-state index in [9.17, 15) is 4.79 Å². The minimum Gasteiger partial charge on any atom is -0.481 e. The van der Waals surface area contributed by atoms with Gasteiger partial charge >= 0.3 is 0 Å². The van der Waals surface area contributed by atoms with E-state index in [-0.39, 0.29) is 11.9 Å². The molecular formula is C28H27N3O2. The van der Waals surface area contributed by atoms with Gasteiger partial charge in [-0.15, -0.1) is 0 Å². The molecule has 0 aromatic heterocycles. The van der Waals surface area contributed by atoms with E-state index < -0.39 is 0 Å². The fourth-order valence-electron chi connectivity index (χ4n) is 4.22. The first-order chi connectivity index (χ1) is 15.8. The van der Waals surface area contributed by atoms with E-state index in [0.29, 0.717) is 33.9 Å². The van der Waals surface area contributed by atoms with Gasteiger partial charge in [0, 0.05) is 40.3 Å². The van der Waals surface area contributed by atoms with Gasteiger partial charge in [-0.2, -0.15) is 0 Å². The van der Waals surface area contributed by atoms with E-state index in [1.807, 2.05) is 73.7 Å². The van der Waals surface area contributed by atoms with E-state index >= 15 is 0 Å². The average molecular weight is 438 g/mol. The monoisotopic (exact) mass is 437 g/mol. The van der Waals surface area contributed by atoms with Crippen LogP contribution in [0.2, 0.25) is 0 Å². The number of hydrogen-bond acceptors (Lipinski definition) is 5. The molecule has 0 spiro atoms. The molecule has 0 unspecified atom stereocenters. The van der Waals surface area contributed by atoms with Crippen molar-refractivity contribution in [2.45, 2.75) is 20.0 Å². The van der Waals surface area contributed by atoms with Gasteiger partial charge in [0.15, 0.2) is 5.78 Å². The predicted octanol–water partition coefficient (Wildman–Crippen LogP) is 5.78. The second-order valence-electron chi connectivity index (χ2n) is 8.11. The highest BCUT2D eigenvalue weighted by Gasteiger charge is 2.19. The minimum atomic E-state index is -0.315. The number of hydrogen-bond donors (Lipinski definition) is 3. The highest BCUT2D eigenvalue weighted by molar-refractivity contribution is 6.02. The number of nitrogen functional groups attached to an aromatic ring is 3. The molecule has 4 aromatic carbocycles. The Morgan fingerprint density at radius 2 is 1.27 bits per heavy atom. The largest absolute Gasteiger partial charge is 0.481 e. The lowest BCUT2D eigenvalue weighted by Crippen LogP contribution is -2.10. The van der Waals surface area contributed by atoms with Crippen LogP contribution in [0.5, 0.6) is 5.75 Å². The van der Waals surface area contributed by atoms with Gasteiger partial charge < -0.3 is 21.9 Å². The van der Waals surface area contributed by atoms with Gasteiger partial charge in [-0.05, 0) is 42.2 Å². The van der Waals surface area contributed by atoms with E-state index in [1.54, 1.807) is 18.2 Å². The molecule has 0 aliphatic heterocycles. The first-order valence-electron chi connectivity index (χ1n) is 10.7. The molecule has 0 radical (unpaired) electrons. The van der Waals surface area contributed by atoms with E-state index in [1.165, 1.54) is 6.92 Å². The average Bonchev–Trinajstić information content (AvgIpc) is 2.77. The van der Waals surface area contributed by atoms with Crippen LogP contribution in [0.3, 0.4) is 0 Å². The Hall–Kier alpha value is -4.25. The van der Waals surface area contributed by atoms with Crippen LogP contribution >= 0.6 is 0 Å². The normalized spacial score (nSPS) is 10.9. The summed E-state index contributed by atoms with van der Waals surface area (Å²) >= 11 is 0. The third-order valence-electron chi connectivity index (χ3n) is 5.64. The van der Waals surface area contributed by atoms with Gasteiger partial charge in [-0.25, -0.2) is 0 Å². The molecule has 33 heavy (non-hydrogen) atoms. The van der Waals surface area contributed by atoms with Crippen molar-refractivity contribution in [3.8, 4) is 16.9 Å². The summed E-state index contributed by atoms with van der Waals surface area (Å²) in [4.78, 5) is 11.9. The molecule has 4 rings (SSSR count). The number of nitrogens with two attached hydrogens (primary N) is 3. The maximum atomic E-state index is 11.9. The molecule has 0 aliphatic rings. The van der Waals surface area contributed by atoms with Crippen molar-refractivity contribution in [3.63, 3.8) is 0 Å². The summed E-state index contributed by atoms with van der Waals surface area (Å²) < 4.78 is 6.41. The first-order valence-corrected chi connectivity index (χ1v) is 10.7. The van der Waals surface area contributed by atoms with Crippen molar-refractivity contribution in [2.24, 2.45) is 0 Å². The number of rotatable bonds is 6. The number of aryl methyl sites for hydroxylation is 1. The molecular weight excluding hydrogens is 410 g/mol. The topological polar surface area (TPSA) is 104 Å². The number of carbonyl (C=O) groups is 1. The second kappa shape index (κ2) is 9.09. The van der Waals surface area contributed by atoms with Crippen molar-refractivity contribution in [1.82, 2.24) is 0 Å². The zero-order valence-electron chi connectivity index (χ0n) is 18.7. The number of carbonyl (C=O) groups excluding carboxylic acids is 1. The van der Waals surface area contributed by atoms with Gasteiger partial charge in [-0.3, -0.25) is 4.79 Å². The van der Waals surface area contributed by atoms with Crippen molar-refractivity contribution in [2.75, 3.05) is 17.2 Å². The van der Waals surface area contributed by atoms with Gasteiger partial charge in [0.25, 0.3) is 0 Å². The summed E-state index contributed by atoms with van der Waals surface area (Å²) in [6.45, 7) is 3.36. The van der Waals surface area contributed by atoms with Gasteiger partial charge in [0.2, 0.25) is 0 Å². The maximum absolute atomic E-state index is 11.9. The molecule has 0 saturated carbocycles. The lowest BCUT2D eigenvalue weighted by Gasteiger charge is -2.22. The summed E-state index contributed by atoms with van der Waals surface area (Å²) in [7, 11) is 0. The molecule has 0 heterocycles. The van der Waals surface area contributed by atoms with Gasteiger partial charge in [-0.1, -0.05) is 66.7 Å². The highest BCUT2D eigenvalue weighted by atomic mass is 16.5. The number of ketones is 1. The molecule has 5 heteroatoms. The fraction of sp³-hybridized carbons (Fsp3) is 0.107. The van der Waals surface area contributed by atoms with Crippen LogP contribution in [-0.4, -0.2) is 5.78 Å². The fourth-order valence-corrected chi connectivity index (χ4v) is 4.22. The quantitative estimate of drug-likeness (QED) is 0.262. The van der Waals surface area contributed by atoms with Gasteiger partial charge in [0.1, 0.15) is 11.9 Å². The Balaban J connectivity index is 1.73. The van der Waals surface area contributed by atoms with Crippen molar-refractivity contribution in [3.05, 3.63) is 107 Å². The highest BCUT2D eigenvalue weighted by Crippen LogP contribution is 2.39. The Morgan fingerprint density at radius 3 is 1.73 bits per heavy atom. The lowest BCUT2D eigenvalue weighted by molar-refractivity contribution is 0.101. The standard InChI is InChI=1S/C28H27N3O2/c1-17-13-21(14-23(29)26(17)18(2)32)27-24(30)15-22(16-25(27)31)33-28(19-9-5-3-6-10-19)20-11-7-4-8-12-20/h3-16,28H,29-31H2,1-2H3. The van der Waals surface area contributed by atoms with Crippen LogP contribution in [0, 0.1) is 6.92 Å². The van der Waals surface area contributed by atoms with Crippen LogP contribution in [-0.2, 0) is 0 Å². The number of anilines is 3. The molecule has 6 N–H and O–H groups in total. The summed E-state index contributed by atoms with van der Waals surface area (Å²) in [5.74, 6) is 0.491. The zero-order chi connectivity index (χ0) is 23.5. The maximum Gasteiger partial charge on any atom is 0.162 e. The van der Waals surface area contributed by atoms with E-state index in [2.05, 4.69) is 0 Å². The van der Waals surface area contributed by atoms with Crippen LogP contribution < -0.4 is 21.9 Å². The SMILES string of the molecule is CC(=O)c1c(C)cc(-c2c(N)cc(OC(c3ccccc3)c3ccccc3)cc2N)cc1N. The molecule has 0 bridgehead atoms. The number of benzene rings is 4. The Labute approximate surface area is 193 Å². The number of Topliss-reactive ketones (excluding diaryl/α,β-unsaturated/α-hetero) is 1. The molecule has 166 valence electrons. The van der Waals surface area contributed by atoms with Crippen LogP contribution in [0.4, 0.5) is 17.1 Å². The first kappa shape index (κ1) is 22.0. The molecule has 0 aliphatic carbocycles. The molecule has 0 amide bonds. The van der Waals surface area contributed by atoms with Crippen LogP contribution in [0.15, 0.2) is 84.9 Å². The van der Waals surface area contributed by atoms with Crippen molar-refractivity contribution >= 4 is 22.8 Å². The third kappa shape index (κ3) is 4.53. The zero-order valence-corrected chi connectivity index (χ0v) is 18.7. The molecule has 0 atom stereocenters. The Kier molecular flexibility index (Phi) is 6.05. The summed E-state index contributed by atoms with van der Waals surface area (Å²) in [6.07, 6.45) is -0.315. The summed E-state index contributed by atoms with van der Waals surface area (Å²) in [6, 6.07) is 27.2. The van der Waals surface area contributed by atoms with E-state index in [0.717, 1.165) is 22.3 Å². The molecule has 0 saturated heterocycles. The lowest BCUT2D eigenvalue weighted by atomic mass is 9.94. The Bertz CT molecular complexity index is 1220.